The number of hydrogen-bond donors (Lipinski definition) is 1. The van der Waals surface area contributed by atoms with Gasteiger partial charge in [0.1, 0.15) is 11.6 Å². The van der Waals surface area contributed by atoms with Crippen LogP contribution in [0.2, 0.25) is 5.02 Å². The highest BCUT2D eigenvalue weighted by Gasteiger charge is 2.14. The second kappa shape index (κ2) is 5.67. The third-order valence-corrected chi connectivity index (χ3v) is 3.15. The van der Waals surface area contributed by atoms with Crippen LogP contribution in [0.25, 0.3) is 0 Å². The molecule has 0 heterocycles. The standard InChI is InChI=1S/C13H7BrClF2NO/c14-11-3-1-2-10(12(11)17)13(19)18-9-5-7(15)4-8(16)6-9/h1-6H,(H,18,19). The summed E-state index contributed by atoms with van der Waals surface area (Å²) in [7, 11) is 0. The van der Waals surface area contributed by atoms with E-state index in [1.54, 1.807) is 0 Å². The van der Waals surface area contributed by atoms with Crippen molar-refractivity contribution in [2.75, 3.05) is 5.32 Å². The Kier molecular flexibility index (Phi) is 4.17. The van der Waals surface area contributed by atoms with Gasteiger partial charge < -0.3 is 5.32 Å². The minimum Gasteiger partial charge on any atom is -0.322 e. The van der Waals surface area contributed by atoms with Crippen LogP contribution in [0, 0.1) is 11.6 Å². The Hall–Kier alpha value is -1.46. The summed E-state index contributed by atoms with van der Waals surface area (Å²) in [5.74, 6) is -1.94. The molecular weight excluding hydrogens is 340 g/mol. The molecule has 0 aliphatic heterocycles. The van der Waals surface area contributed by atoms with Crippen LogP contribution >= 0.6 is 27.5 Å². The Morgan fingerprint density at radius 2 is 1.95 bits per heavy atom. The Morgan fingerprint density at radius 3 is 2.63 bits per heavy atom. The van der Waals surface area contributed by atoms with Crippen LogP contribution in [-0.2, 0) is 0 Å². The smallest absolute Gasteiger partial charge is 0.258 e. The van der Waals surface area contributed by atoms with Gasteiger partial charge in [0.2, 0.25) is 0 Å². The zero-order chi connectivity index (χ0) is 14.0. The van der Waals surface area contributed by atoms with E-state index in [2.05, 4.69) is 21.2 Å². The van der Waals surface area contributed by atoms with Gasteiger partial charge in [0, 0.05) is 10.7 Å². The summed E-state index contributed by atoms with van der Waals surface area (Å²) in [6.45, 7) is 0. The van der Waals surface area contributed by atoms with E-state index in [0.29, 0.717) is 0 Å². The van der Waals surface area contributed by atoms with Crippen LogP contribution < -0.4 is 5.32 Å². The van der Waals surface area contributed by atoms with Crippen LogP contribution in [0.1, 0.15) is 10.4 Å². The Bertz CT molecular complexity index is 628. The van der Waals surface area contributed by atoms with Gasteiger partial charge in [-0.3, -0.25) is 4.79 Å². The molecule has 0 atom stereocenters. The lowest BCUT2D eigenvalue weighted by Gasteiger charge is -2.07. The highest BCUT2D eigenvalue weighted by Crippen LogP contribution is 2.21. The van der Waals surface area contributed by atoms with Crippen LogP contribution in [0.15, 0.2) is 40.9 Å². The van der Waals surface area contributed by atoms with E-state index in [-0.39, 0.29) is 20.7 Å². The summed E-state index contributed by atoms with van der Waals surface area (Å²) >= 11 is 8.65. The zero-order valence-corrected chi connectivity index (χ0v) is 11.7. The first-order valence-corrected chi connectivity index (χ1v) is 6.36. The Morgan fingerprint density at radius 1 is 1.21 bits per heavy atom. The molecule has 0 aliphatic carbocycles. The Balaban J connectivity index is 2.28. The minimum atomic E-state index is -0.680. The van der Waals surface area contributed by atoms with Gasteiger partial charge in [-0.1, -0.05) is 17.7 Å². The van der Waals surface area contributed by atoms with Crippen molar-refractivity contribution in [1.29, 1.82) is 0 Å². The quantitative estimate of drug-likeness (QED) is 0.844. The molecule has 0 saturated carbocycles. The number of nitrogens with one attached hydrogen (secondary N) is 1. The molecule has 0 aliphatic rings. The number of carbonyl (C=O) groups excluding carboxylic acids is 1. The van der Waals surface area contributed by atoms with E-state index in [1.807, 2.05) is 0 Å². The third kappa shape index (κ3) is 3.30. The normalized spacial score (nSPS) is 10.3. The fourth-order valence-electron chi connectivity index (χ4n) is 1.50. The van der Waals surface area contributed by atoms with Crippen molar-refractivity contribution in [1.82, 2.24) is 0 Å². The largest absolute Gasteiger partial charge is 0.322 e. The lowest BCUT2D eigenvalue weighted by atomic mass is 10.2. The van der Waals surface area contributed by atoms with Crippen molar-refractivity contribution >= 4 is 39.1 Å². The molecule has 0 spiro atoms. The number of rotatable bonds is 2. The van der Waals surface area contributed by atoms with Gasteiger partial charge in [-0.15, -0.1) is 0 Å². The summed E-state index contributed by atoms with van der Waals surface area (Å²) in [6.07, 6.45) is 0. The highest BCUT2D eigenvalue weighted by molar-refractivity contribution is 9.10. The average molecular weight is 347 g/mol. The predicted octanol–water partition coefficient (Wildman–Crippen LogP) is 4.63. The first-order valence-electron chi connectivity index (χ1n) is 5.19. The Labute approximate surface area is 121 Å². The molecule has 6 heteroatoms. The predicted molar refractivity (Wildman–Crippen MR) is 73.5 cm³/mol. The molecule has 1 amide bonds. The van der Waals surface area contributed by atoms with Crippen LogP contribution in [0.3, 0.4) is 0 Å². The van der Waals surface area contributed by atoms with E-state index < -0.39 is 17.5 Å². The van der Waals surface area contributed by atoms with E-state index in [9.17, 15) is 13.6 Å². The summed E-state index contributed by atoms with van der Waals surface area (Å²) in [5, 5.41) is 2.53. The molecule has 19 heavy (non-hydrogen) atoms. The zero-order valence-electron chi connectivity index (χ0n) is 9.38. The van der Waals surface area contributed by atoms with E-state index >= 15 is 0 Å². The molecule has 1 N–H and O–H groups in total. The highest BCUT2D eigenvalue weighted by atomic mass is 79.9. The molecule has 0 unspecified atom stereocenters. The van der Waals surface area contributed by atoms with Crippen molar-refractivity contribution in [3.8, 4) is 0 Å². The molecule has 0 radical (unpaired) electrons. The summed E-state index contributed by atoms with van der Waals surface area (Å²) in [6, 6.07) is 7.91. The second-order valence-corrected chi connectivity index (χ2v) is 5.00. The molecule has 2 aromatic rings. The van der Waals surface area contributed by atoms with Crippen molar-refractivity contribution in [2.45, 2.75) is 0 Å². The van der Waals surface area contributed by atoms with Gasteiger partial charge >= 0.3 is 0 Å². The first-order chi connectivity index (χ1) is 8.97. The van der Waals surface area contributed by atoms with Crippen molar-refractivity contribution < 1.29 is 13.6 Å². The summed E-state index contributed by atoms with van der Waals surface area (Å²) in [5.41, 5.74) is 0.0177. The molecule has 2 rings (SSSR count). The van der Waals surface area contributed by atoms with Gasteiger partial charge in [-0.05, 0) is 46.3 Å². The van der Waals surface area contributed by atoms with E-state index in [0.717, 1.165) is 12.1 Å². The van der Waals surface area contributed by atoms with Crippen LogP contribution in [0.5, 0.6) is 0 Å². The number of amides is 1. The maximum atomic E-state index is 13.7. The average Bonchev–Trinajstić information content (AvgIpc) is 2.31. The molecule has 2 aromatic carbocycles. The summed E-state index contributed by atoms with van der Waals surface area (Å²) in [4.78, 5) is 11.9. The molecular formula is C13H7BrClF2NO. The van der Waals surface area contributed by atoms with Gasteiger partial charge in [-0.25, -0.2) is 8.78 Å². The fraction of sp³-hybridized carbons (Fsp3) is 0. The van der Waals surface area contributed by atoms with Gasteiger partial charge in [-0.2, -0.15) is 0 Å². The van der Waals surface area contributed by atoms with Crippen molar-refractivity contribution in [3.63, 3.8) is 0 Å². The monoisotopic (exact) mass is 345 g/mol. The molecule has 0 fully saturated rings. The molecule has 0 saturated heterocycles. The fourth-order valence-corrected chi connectivity index (χ4v) is 2.09. The number of anilines is 1. The molecule has 2 nitrogen and oxygen atoms in total. The minimum absolute atomic E-state index is 0.144. The maximum Gasteiger partial charge on any atom is 0.258 e. The van der Waals surface area contributed by atoms with Crippen molar-refractivity contribution in [2.24, 2.45) is 0 Å². The SMILES string of the molecule is O=C(Nc1cc(F)cc(Cl)c1)c1cccc(Br)c1F. The third-order valence-electron chi connectivity index (χ3n) is 2.32. The molecule has 98 valence electrons. The van der Waals surface area contributed by atoms with E-state index in [1.165, 1.54) is 24.3 Å². The number of hydrogen-bond acceptors (Lipinski definition) is 1. The van der Waals surface area contributed by atoms with Gasteiger partial charge in [0.05, 0.1) is 10.0 Å². The first kappa shape index (κ1) is 14.0. The van der Waals surface area contributed by atoms with Crippen LogP contribution in [-0.4, -0.2) is 5.91 Å². The number of benzene rings is 2. The van der Waals surface area contributed by atoms with Gasteiger partial charge in [0.25, 0.3) is 5.91 Å². The second-order valence-electron chi connectivity index (χ2n) is 3.71. The maximum absolute atomic E-state index is 13.7. The molecule has 0 bridgehead atoms. The number of halogens is 4. The topological polar surface area (TPSA) is 29.1 Å². The lowest BCUT2D eigenvalue weighted by Crippen LogP contribution is -2.14. The van der Waals surface area contributed by atoms with Crippen molar-refractivity contribution in [3.05, 3.63) is 63.1 Å². The van der Waals surface area contributed by atoms with Gasteiger partial charge in [0.15, 0.2) is 0 Å². The van der Waals surface area contributed by atoms with E-state index in [4.69, 9.17) is 11.6 Å². The number of carbonyl (C=O) groups is 1. The lowest BCUT2D eigenvalue weighted by molar-refractivity contribution is 0.102. The molecule has 0 aromatic heterocycles. The van der Waals surface area contributed by atoms with Crippen LogP contribution in [0.4, 0.5) is 14.5 Å². The summed E-state index contributed by atoms with van der Waals surface area (Å²) < 4.78 is 27.0.